The summed E-state index contributed by atoms with van der Waals surface area (Å²) in [5.74, 6) is 0. The molecular formula is C15H28N2S. The summed E-state index contributed by atoms with van der Waals surface area (Å²) in [6.07, 6.45) is 3.57. The second kappa shape index (κ2) is 6.16. The number of hydrogen-bond donors (Lipinski definition) is 1. The second-order valence-electron chi connectivity index (χ2n) is 6.64. The normalized spacial score (nSPS) is 15.7. The number of thiazole rings is 1. The van der Waals surface area contributed by atoms with E-state index in [1.807, 2.05) is 18.4 Å². The summed E-state index contributed by atoms with van der Waals surface area (Å²) >= 11 is 1.82. The van der Waals surface area contributed by atoms with Gasteiger partial charge in [-0.3, -0.25) is 0 Å². The summed E-state index contributed by atoms with van der Waals surface area (Å²) in [5, 5.41) is 6.83. The quantitative estimate of drug-likeness (QED) is 0.843. The molecule has 0 aromatic carbocycles. The molecule has 0 amide bonds. The van der Waals surface area contributed by atoms with Gasteiger partial charge in [-0.15, -0.1) is 11.3 Å². The zero-order valence-corrected chi connectivity index (χ0v) is 13.6. The van der Waals surface area contributed by atoms with Gasteiger partial charge in [0.2, 0.25) is 0 Å². The molecule has 1 aromatic heterocycles. The van der Waals surface area contributed by atoms with Gasteiger partial charge in [0.05, 0.1) is 10.7 Å². The zero-order chi connectivity index (χ0) is 13.8. The molecule has 1 atom stereocenters. The van der Waals surface area contributed by atoms with E-state index in [9.17, 15) is 0 Å². The fraction of sp³-hybridized carbons (Fsp3) is 0.800. The first-order chi connectivity index (χ1) is 8.30. The number of rotatable bonds is 6. The minimum Gasteiger partial charge on any atom is -0.319 e. The Balaban J connectivity index is 2.78. The molecule has 0 saturated heterocycles. The average molecular weight is 268 g/mol. The van der Waals surface area contributed by atoms with Crippen molar-refractivity contribution in [2.75, 3.05) is 13.6 Å². The lowest BCUT2D eigenvalue weighted by molar-refractivity contribution is 0.282. The van der Waals surface area contributed by atoms with Crippen LogP contribution in [0.2, 0.25) is 0 Å². The molecule has 0 fully saturated rings. The SMILES string of the molecule is CCCC(C)(CNC)Cc1nc(C(C)(C)C)cs1. The molecule has 0 aliphatic carbocycles. The van der Waals surface area contributed by atoms with Crippen molar-refractivity contribution >= 4 is 11.3 Å². The number of aromatic nitrogens is 1. The van der Waals surface area contributed by atoms with Crippen LogP contribution in [0, 0.1) is 5.41 Å². The molecule has 1 N–H and O–H groups in total. The molecule has 0 spiro atoms. The van der Waals surface area contributed by atoms with E-state index in [0.717, 1.165) is 13.0 Å². The number of nitrogens with zero attached hydrogens (tertiary/aromatic N) is 1. The highest BCUT2D eigenvalue weighted by Gasteiger charge is 2.25. The Morgan fingerprint density at radius 1 is 1.28 bits per heavy atom. The molecule has 1 aromatic rings. The lowest BCUT2D eigenvalue weighted by Gasteiger charge is -2.28. The third-order valence-electron chi connectivity index (χ3n) is 3.36. The van der Waals surface area contributed by atoms with Gasteiger partial charge in [-0.25, -0.2) is 4.98 Å². The van der Waals surface area contributed by atoms with E-state index in [4.69, 9.17) is 4.98 Å². The monoisotopic (exact) mass is 268 g/mol. The van der Waals surface area contributed by atoms with Crippen molar-refractivity contribution in [3.8, 4) is 0 Å². The Bertz CT molecular complexity index is 357. The van der Waals surface area contributed by atoms with Crippen LogP contribution in [0.3, 0.4) is 0 Å². The molecule has 2 nitrogen and oxygen atoms in total. The van der Waals surface area contributed by atoms with Crippen molar-refractivity contribution in [1.82, 2.24) is 10.3 Å². The predicted molar refractivity (Wildman–Crippen MR) is 81.5 cm³/mol. The van der Waals surface area contributed by atoms with Crippen LogP contribution < -0.4 is 5.32 Å². The summed E-state index contributed by atoms with van der Waals surface area (Å²) in [5.41, 5.74) is 1.72. The van der Waals surface area contributed by atoms with Gasteiger partial charge in [-0.2, -0.15) is 0 Å². The minimum absolute atomic E-state index is 0.166. The van der Waals surface area contributed by atoms with Crippen molar-refractivity contribution in [1.29, 1.82) is 0 Å². The fourth-order valence-corrected chi connectivity index (χ4v) is 3.61. The Kier molecular flexibility index (Phi) is 5.35. The first kappa shape index (κ1) is 15.6. The second-order valence-corrected chi connectivity index (χ2v) is 7.59. The van der Waals surface area contributed by atoms with Crippen LogP contribution in [0.5, 0.6) is 0 Å². The smallest absolute Gasteiger partial charge is 0.0934 e. The van der Waals surface area contributed by atoms with Crippen LogP contribution >= 0.6 is 11.3 Å². The molecule has 1 heterocycles. The minimum atomic E-state index is 0.166. The molecule has 1 unspecified atom stereocenters. The highest BCUT2D eigenvalue weighted by molar-refractivity contribution is 7.09. The Hall–Kier alpha value is -0.410. The maximum Gasteiger partial charge on any atom is 0.0934 e. The third-order valence-corrected chi connectivity index (χ3v) is 4.20. The molecule has 104 valence electrons. The average Bonchev–Trinajstić information content (AvgIpc) is 2.65. The first-order valence-corrected chi connectivity index (χ1v) is 7.78. The molecule has 0 saturated carbocycles. The molecule has 1 rings (SSSR count). The predicted octanol–water partition coefficient (Wildman–Crippen LogP) is 4.01. The summed E-state index contributed by atoms with van der Waals surface area (Å²) in [6.45, 7) is 12.4. The van der Waals surface area contributed by atoms with Crippen molar-refractivity contribution in [2.45, 2.75) is 59.3 Å². The van der Waals surface area contributed by atoms with Crippen molar-refractivity contribution < 1.29 is 0 Å². The Morgan fingerprint density at radius 3 is 2.39 bits per heavy atom. The lowest BCUT2D eigenvalue weighted by atomic mass is 9.82. The fourth-order valence-electron chi connectivity index (χ4n) is 2.37. The summed E-state index contributed by atoms with van der Waals surface area (Å²) in [6, 6.07) is 0. The summed E-state index contributed by atoms with van der Waals surface area (Å²) < 4.78 is 0. The molecule has 0 aliphatic rings. The molecular weight excluding hydrogens is 240 g/mol. The van der Waals surface area contributed by atoms with Crippen LogP contribution in [0.25, 0.3) is 0 Å². The zero-order valence-electron chi connectivity index (χ0n) is 12.8. The molecule has 18 heavy (non-hydrogen) atoms. The maximum absolute atomic E-state index is 4.82. The standard InChI is InChI=1S/C15H28N2S/c1-7-8-15(5,11-16-6)9-13-17-12(10-18-13)14(2,3)4/h10,16H,7-9,11H2,1-6H3. The lowest BCUT2D eigenvalue weighted by Crippen LogP contribution is -2.31. The van der Waals surface area contributed by atoms with Gasteiger partial charge in [0.1, 0.15) is 0 Å². The van der Waals surface area contributed by atoms with Crippen LogP contribution in [-0.4, -0.2) is 18.6 Å². The van der Waals surface area contributed by atoms with E-state index in [-0.39, 0.29) is 5.41 Å². The van der Waals surface area contributed by atoms with Crippen molar-refractivity contribution in [3.05, 3.63) is 16.1 Å². The van der Waals surface area contributed by atoms with E-state index in [2.05, 4.69) is 45.3 Å². The van der Waals surface area contributed by atoms with Crippen LogP contribution in [-0.2, 0) is 11.8 Å². The van der Waals surface area contributed by atoms with Gasteiger partial charge in [0, 0.05) is 23.8 Å². The van der Waals surface area contributed by atoms with Gasteiger partial charge in [-0.1, -0.05) is 41.0 Å². The maximum atomic E-state index is 4.82. The number of nitrogens with one attached hydrogen (secondary N) is 1. The van der Waals surface area contributed by atoms with E-state index >= 15 is 0 Å². The Labute approximate surface area is 116 Å². The van der Waals surface area contributed by atoms with E-state index < -0.39 is 0 Å². The van der Waals surface area contributed by atoms with Crippen LogP contribution in [0.4, 0.5) is 0 Å². The highest BCUT2D eigenvalue weighted by Crippen LogP contribution is 2.31. The first-order valence-electron chi connectivity index (χ1n) is 6.90. The third kappa shape index (κ3) is 4.36. The Morgan fingerprint density at radius 2 is 1.94 bits per heavy atom. The van der Waals surface area contributed by atoms with E-state index in [1.165, 1.54) is 23.5 Å². The molecule has 0 radical (unpaired) electrons. The van der Waals surface area contributed by atoms with Gasteiger partial charge in [0.15, 0.2) is 0 Å². The van der Waals surface area contributed by atoms with Crippen molar-refractivity contribution in [3.63, 3.8) is 0 Å². The largest absolute Gasteiger partial charge is 0.319 e. The van der Waals surface area contributed by atoms with Gasteiger partial charge < -0.3 is 5.32 Å². The van der Waals surface area contributed by atoms with E-state index in [0.29, 0.717) is 5.41 Å². The molecule has 0 bridgehead atoms. The van der Waals surface area contributed by atoms with E-state index in [1.54, 1.807) is 0 Å². The molecule has 3 heteroatoms. The highest BCUT2D eigenvalue weighted by atomic mass is 32.1. The van der Waals surface area contributed by atoms with Crippen LogP contribution in [0.1, 0.15) is 58.2 Å². The van der Waals surface area contributed by atoms with Crippen molar-refractivity contribution in [2.24, 2.45) is 5.41 Å². The van der Waals surface area contributed by atoms with Gasteiger partial charge >= 0.3 is 0 Å². The number of hydrogen-bond acceptors (Lipinski definition) is 3. The summed E-state index contributed by atoms with van der Waals surface area (Å²) in [4.78, 5) is 4.82. The van der Waals surface area contributed by atoms with Gasteiger partial charge in [0.25, 0.3) is 0 Å². The van der Waals surface area contributed by atoms with Gasteiger partial charge in [-0.05, 0) is 18.9 Å². The van der Waals surface area contributed by atoms with Crippen LogP contribution in [0.15, 0.2) is 5.38 Å². The molecule has 0 aliphatic heterocycles. The summed E-state index contributed by atoms with van der Waals surface area (Å²) in [7, 11) is 2.04. The topological polar surface area (TPSA) is 24.9 Å².